The van der Waals surface area contributed by atoms with Crippen LogP contribution >= 0.6 is 11.6 Å². The fraction of sp³-hybridized carbons (Fsp3) is 0.192. The van der Waals surface area contributed by atoms with Crippen LogP contribution in [-0.2, 0) is 10.0 Å². The van der Waals surface area contributed by atoms with Crippen molar-refractivity contribution >= 4 is 44.2 Å². The van der Waals surface area contributed by atoms with Gasteiger partial charge in [0.2, 0.25) is 10.0 Å². The number of anilines is 1. The van der Waals surface area contributed by atoms with E-state index in [1.54, 1.807) is 13.0 Å². The van der Waals surface area contributed by atoms with Crippen LogP contribution in [-0.4, -0.2) is 25.6 Å². The minimum absolute atomic E-state index is 0.0295. The van der Waals surface area contributed by atoms with E-state index in [9.17, 15) is 18.0 Å². The number of carbonyl (C=O) groups excluding carboxylic acids is 1. The van der Waals surface area contributed by atoms with Crippen molar-refractivity contribution in [2.45, 2.75) is 26.8 Å². The van der Waals surface area contributed by atoms with Gasteiger partial charge in [0, 0.05) is 16.7 Å². The molecule has 0 fully saturated rings. The minimum Gasteiger partial charge on any atom is -0.455 e. The Labute approximate surface area is 213 Å². The van der Waals surface area contributed by atoms with Gasteiger partial charge in [-0.15, -0.1) is 0 Å². The van der Waals surface area contributed by atoms with E-state index in [0.29, 0.717) is 27.9 Å². The molecule has 2 N–H and O–H groups in total. The van der Waals surface area contributed by atoms with Gasteiger partial charge in [0.05, 0.1) is 23.4 Å². The quantitative estimate of drug-likeness (QED) is 0.340. The number of aromatic nitrogens is 1. The van der Waals surface area contributed by atoms with Gasteiger partial charge >= 0.3 is 0 Å². The van der Waals surface area contributed by atoms with Crippen molar-refractivity contribution in [2.24, 2.45) is 0 Å². The number of carbonyl (C=O) groups is 1. The maximum atomic E-state index is 13.3. The molecule has 2 aromatic heterocycles. The van der Waals surface area contributed by atoms with Crippen molar-refractivity contribution in [2.75, 3.05) is 11.6 Å². The van der Waals surface area contributed by atoms with Gasteiger partial charge in [0.15, 0.2) is 11.1 Å². The lowest BCUT2D eigenvalue weighted by molar-refractivity contribution is 0.0977. The Morgan fingerprint density at radius 1 is 1.08 bits per heavy atom. The molecule has 0 spiro atoms. The molecule has 2 aromatic carbocycles. The number of aryl methyl sites for hydroxylation is 1. The lowest BCUT2D eigenvalue weighted by Crippen LogP contribution is -2.31. The average Bonchev–Trinajstić information content (AvgIpc) is 2.81. The maximum Gasteiger partial charge on any atom is 0.285 e. The second-order valence-electron chi connectivity index (χ2n) is 8.58. The lowest BCUT2D eigenvalue weighted by atomic mass is 9.98. The molecule has 0 aliphatic rings. The summed E-state index contributed by atoms with van der Waals surface area (Å²) in [6, 6.07) is 15.6. The molecule has 10 heteroatoms. The second-order valence-corrected chi connectivity index (χ2v) is 10.7. The molecule has 186 valence electrons. The molecule has 1 unspecified atom stereocenters. The summed E-state index contributed by atoms with van der Waals surface area (Å²) in [6.45, 7) is 5.46. The van der Waals surface area contributed by atoms with Crippen LogP contribution in [0.15, 0.2) is 63.8 Å². The monoisotopic (exact) mass is 525 g/mol. The van der Waals surface area contributed by atoms with Gasteiger partial charge < -0.3 is 9.73 Å². The van der Waals surface area contributed by atoms with Gasteiger partial charge in [0.1, 0.15) is 16.5 Å². The minimum atomic E-state index is -3.82. The van der Waals surface area contributed by atoms with Crippen LogP contribution < -0.4 is 15.5 Å². The molecule has 2 heterocycles. The Kier molecular flexibility index (Phi) is 6.88. The first-order valence-electron chi connectivity index (χ1n) is 11.0. The number of halogens is 1. The second kappa shape index (κ2) is 9.75. The topological polar surface area (TPSA) is 118 Å². The third-order valence-corrected chi connectivity index (χ3v) is 6.39. The number of benzene rings is 2. The molecule has 0 saturated heterocycles. The van der Waals surface area contributed by atoms with E-state index >= 15 is 0 Å². The van der Waals surface area contributed by atoms with E-state index in [0.717, 1.165) is 17.4 Å². The lowest BCUT2D eigenvalue weighted by Gasteiger charge is -2.20. The summed E-state index contributed by atoms with van der Waals surface area (Å²) < 4.78 is 31.4. The van der Waals surface area contributed by atoms with Crippen molar-refractivity contribution in [3.8, 4) is 11.3 Å². The summed E-state index contributed by atoms with van der Waals surface area (Å²) >= 11 is 5.97. The summed E-state index contributed by atoms with van der Waals surface area (Å²) in [6.07, 6.45) is 0.873. The van der Waals surface area contributed by atoms with Crippen molar-refractivity contribution in [3.63, 3.8) is 0 Å². The molecule has 36 heavy (non-hydrogen) atoms. The first-order chi connectivity index (χ1) is 16.9. The van der Waals surface area contributed by atoms with Crippen LogP contribution in [0.4, 0.5) is 5.69 Å². The zero-order valence-electron chi connectivity index (χ0n) is 20.0. The van der Waals surface area contributed by atoms with Crippen LogP contribution in [0.3, 0.4) is 0 Å². The highest BCUT2D eigenvalue weighted by Crippen LogP contribution is 2.32. The Bertz CT molecular complexity index is 1650. The normalized spacial score (nSPS) is 12.4. The predicted molar refractivity (Wildman–Crippen MR) is 141 cm³/mol. The summed E-state index contributed by atoms with van der Waals surface area (Å²) in [5.74, 6) is -0.441. The number of nitrogens with one attached hydrogen (secondary N) is 2. The average molecular weight is 526 g/mol. The van der Waals surface area contributed by atoms with Crippen molar-refractivity contribution in [1.82, 2.24) is 9.71 Å². The molecule has 0 saturated carbocycles. The number of fused-ring (bicyclic) bond motifs is 1. The third kappa shape index (κ3) is 5.27. The first-order valence-corrected chi connectivity index (χ1v) is 13.3. The van der Waals surface area contributed by atoms with Crippen LogP contribution in [0, 0.1) is 13.8 Å². The molecule has 4 aromatic rings. The molecular weight excluding hydrogens is 502 g/mol. The summed E-state index contributed by atoms with van der Waals surface area (Å²) in [5, 5.41) is 3.67. The van der Waals surface area contributed by atoms with Crippen LogP contribution in [0.1, 0.15) is 40.1 Å². The molecular formula is C26H24ClN3O5S. The highest BCUT2D eigenvalue weighted by molar-refractivity contribution is 7.89. The summed E-state index contributed by atoms with van der Waals surface area (Å²) in [5.41, 5.74) is 3.20. The van der Waals surface area contributed by atoms with E-state index in [-0.39, 0.29) is 22.0 Å². The van der Waals surface area contributed by atoms with Gasteiger partial charge in [-0.1, -0.05) is 48.0 Å². The van der Waals surface area contributed by atoms with Crippen LogP contribution in [0.25, 0.3) is 22.3 Å². The Balaban J connectivity index is 1.83. The molecule has 1 atom stereocenters. The summed E-state index contributed by atoms with van der Waals surface area (Å²) in [4.78, 5) is 29.9. The van der Waals surface area contributed by atoms with E-state index < -0.39 is 22.0 Å². The fourth-order valence-electron chi connectivity index (χ4n) is 4.01. The van der Waals surface area contributed by atoms with Crippen LogP contribution in [0.2, 0.25) is 5.15 Å². The van der Waals surface area contributed by atoms with E-state index in [4.69, 9.17) is 16.0 Å². The highest BCUT2D eigenvalue weighted by atomic mass is 35.5. The SMILES string of the molecule is Cc1cc(C(C)Nc2ccc(Cl)nc2C(=O)NS(C)(=O)=O)c2oc(-c3ccccc3)c(C)c(=O)c2c1. The molecule has 0 bridgehead atoms. The van der Waals surface area contributed by atoms with Gasteiger partial charge in [-0.25, -0.2) is 18.1 Å². The van der Waals surface area contributed by atoms with Gasteiger partial charge in [-0.3, -0.25) is 9.59 Å². The molecule has 0 aliphatic heterocycles. The Morgan fingerprint density at radius 2 is 1.78 bits per heavy atom. The standard InChI is InChI=1S/C26H24ClN3O5S/c1-14-12-18(16(3)28-20-10-11-21(27)29-22(20)26(32)30-36(4,33)34)25-19(13-14)23(31)15(2)24(35-25)17-8-6-5-7-9-17/h5-13,16,28H,1-4H3,(H,30,32). The van der Waals surface area contributed by atoms with E-state index in [1.165, 1.54) is 12.1 Å². The number of pyridine rings is 1. The number of nitrogens with zero attached hydrogens (tertiary/aromatic N) is 1. The highest BCUT2D eigenvalue weighted by Gasteiger charge is 2.22. The Morgan fingerprint density at radius 3 is 2.44 bits per heavy atom. The first kappa shape index (κ1) is 25.4. The molecule has 0 radical (unpaired) electrons. The maximum absolute atomic E-state index is 13.3. The predicted octanol–water partition coefficient (Wildman–Crippen LogP) is 4.99. The molecule has 4 rings (SSSR count). The fourth-order valence-corrected chi connectivity index (χ4v) is 4.59. The molecule has 8 nitrogen and oxygen atoms in total. The molecule has 0 aliphatic carbocycles. The number of hydrogen-bond acceptors (Lipinski definition) is 7. The zero-order chi connectivity index (χ0) is 26.2. The van der Waals surface area contributed by atoms with Crippen molar-refractivity contribution < 1.29 is 17.6 Å². The number of sulfonamides is 1. The van der Waals surface area contributed by atoms with E-state index in [2.05, 4.69) is 10.3 Å². The zero-order valence-corrected chi connectivity index (χ0v) is 21.6. The molecule has 1 amide bonds. The third-order valence-electron chi connectivity index (χ3n) is 5.62. The largest absolute Gasteiger partial charge is 0.455 e. The van der Waals surface area contributed by atoms with Gasteiger partial charge in [0.25, 0.3) is 5.91 Å². The van der Waals surface area contributed by atoms with Crippen molar-refractivity contribution in [3.05, 3.63) is 92.4 Å². The van der Waals surface area contributed by atoms with Gasteiger partial charge in [-0.2, -0.15) is 0 Å². The number of rotatable bonds is 6. The smallest absolute Gasteiger partial charge is 0.285 e. The Hall–Kier alpha value is -3.69. The summed E-state index contributed by atoms with van der Waals surface area (Å²) in [7, 11) is -3.82. The van der Waals surface area contributed by atoms with Crippen molar-refractivity contribution in [1.29, 1.82) is 0 Å². The van der Waals surface area contributed by atoms with E-state index in [1.807, 2.05) is 55.0 Å². The van der Waals surface area contributed by atoms with Crippen LogP contribution in [0.5, 0.6) is 0 Å². The number of amides is 1. The number of hydrogen-bond donors (Lipinski definition) is 2. The van der Waals surface area contributed by atoms with Gasteiger partial charge in [-0.05, 0) is 44.5 Å².